The van der Waals surface area contributed by atoms with Crippen molar-refractivity contribution in [2.45, 2.75) is 6.54 Å². The van der Waals surface area contributed by atoms with Gasteiger partial charge < -0.3 is 0 Å². The Labute approximate surface area is 172 Å². The van der Waals surface area contributed by atoms with Gasteiger partial charge in [-0.15, -0.1) is 11.3 Å². The van der Waals surface area contributed by atoms with Crippen molar-refractivity contribution < 1.29 is 0 Å². The molecule has 0 amide bonds. The highest BCUT2D eigenvalue weighted by atomic mass is 32.1. The van der Waals surface area contributed by atoms with Gasteiger partial charge in [-0.1, -0.05) is 78.9 Å². The van der Waals surface area contributed by atoms with Crippen LogP contribution >= 0.6 is 11.3 Å². The molecule has 0 fully saturated rings. The maximum absolute atomic E-state index is 4.79. The number of para-hydroxylation sites is 1. The Bertz CT molecular complexity index is 1520. The lowest BCUT2D eigenvalue weighted by atomic mass is 10.1. The summed E-state index contributed by atoms with van der Waals surface area (Å²) in [6.45, 7) is 0.678. The summed E-state index contributed by atoms with van der Waals surface area (Å²) in [5.41, 5.74) is 3.67. The molecule has 2 heterocycles. The van der Waals surface area contributed by atoms with E-state index < -0.39 is 0 Å². The lowest BCUT2D eigenvalue weighted by Gasteiger charge is -2.02. The van der Waals surface area contributed by atoms with Gasteiger partial charge in [-0.25, -0.2) is 0 Å². The summed E-state index contributed by atoms with van der Waals surface area (Å²) < 4.78 is 4.92. The molecule has 4 aromatic carbocycles. The fourth-order valence-corrected chi connectivity index (χ4v) is 5.44. The molecule has 0 aliphatic heterocycles. The summed E-state index contributed by atoms with van der Waals surface area (Å²) in [7, 11) is 0. The Morgan fingerprint density at radius 2 is 1.41 bits per heavy atom. The van der Waals surface area contributed by atoms with E-state index >= 15 is 0 Å². The predicted octanol–water partition coefficient (Wildman–Crippen LogP) is 7.24. The molecule has 2 nitrogen and oxygen atoms in total. The molecule has 0 spiro atoms. The van der Waals surface area contributed by atoms with E-state index in [1.165, 1.54) is 47.5 Å². The van der Waals surface area contributed by atoms with E-state index in [1.54, 1.807) is 0 Å². The van der Waals surface area contributed by atoms with Crippen LogP contribution in [0.2, 0.25) is 0 Å². The number of hydrogen-bond donors (Lipinski definition) is 0. The Hall–Kier alpha value is -3.43. The van der Waals surface area contributed by atoms with Gasteiger partial charge in [-0.2, -0.15) is 0 Å². The number of rotatable bonds is 3. The van der Waals surface area contributed by atoms with Gasteiger partial charge in [0.25, 0.3) is 0 Å². The van der Waals surface area contributed by atoms with E-state index in [-0.39, 0.29) is 0 Å². The van der Waals surface area contributed by atoms with E-state index in [2.05, 4.69) is 89.5 Å². The van der Waals surface area contributed by atoms with Gasteiger partial charge in [-0.3, -0.25) is 9.56 Å². The van der Waals surface area contributed by atoms with Crippen molar-refractivity contribution in [2.24, 2.45) is 4.99 Å². The van der Waals surface area contributed by atoms with Crippen molar-refractivity contribution in [3.63, 3.8) is 0 Å². The second-order valence-corrected chi connectivity index (χ2v) is 8.32. The second-order valence-electron chi connectivity index (χ2n) is 7.27. The van der Waals surface area contributed by atoms with Crippen LogP contribution in [0.5, 0.6) is 0 Å². The molecule has 0 atom stereocenters. The highest BCUT2D eigenvalue weighted by Crippen LogP contribution is 2.41. The Kier molecular flexibility index (Phi) is 3.74. The first-order valence-electron chi connectivity index (χ1n) is 9.77. The molecule has 29 heavy (non-hydrogen) atoms. The topological polar surface area (TPSA) is 17.3 Å². The zero-order valence-corrected chi connectivity index (χ0v) is 16.6. The fourth-order valence-electron chi connectivity index (χ4n) is 4.19. The molecule has 0 unspecified atom stereocenters. The molecule has 0 radical (unpaired) electrons. The third-order valence-electron chi connectivity index (χ3n) is 5.53. The summed E-state index contributed by atoms with van der Waals surface area (Å²) in [5, 5.41) is 5.20. The summed E-state index contributed by atoms with van der Waals surface area (Å²) in [4.78, 5) is 4.79. The normalized spacial score (nSPS) is 12.1. The molecule has 138 valence electrons. The molecular weight excluding hydrogens is 372 g/mol. The first-order valence-corrected chi connectivity index (χ1v) is 10.6. The molecule has 0 aliphatic rings. The van der Waals surface area contributed by atoms with E-state index in [9.17, 15) is 0 Å². The van der Waals surface area contributed by atoms with Gasteiger partial charge in [0.2, 0.25) is 0 Å². The molecule has 0 saturated carbocycles. The molecule has 0 saturated heterocycles. The van der Waals surface area contributed by atoms with Gasteiger partial charge in [0.05, 0.1) is 28.6 Å². The largest absolute Gasteiger partial charge is 0.299 e. The number of aromatic nitrogens is 1. The summed E-state index contributed by atoms with van der Waals surface area (Å²) in [6, 6.07) is 32.2. The maximum Gasteiger partial charge on any atom is 0.0945 e. The van der Waals surface area contributed by atoms with Crippen molar-refractivity contribution in [3.05, 3.63) is 96.6 Å². The number of aliphatic imine (C=N–C) groups is 1. The van der Waals surface area contributed by atoms with E-state index in [0.717, 1.165) is 0 Å². The average molecular weight is 391 g/mol. The van der Waals surface area contributed by atoms with Gasteiger partial charge in [-0.05, 0) is 17.7 Å². The van der Waals surface area contributed by atoms with Crippen LogP contribution in [-0.4, -0.2) is 10.9 Å². The minimum atomic E-state index is 0.678. The standard InChI is InChI=1S/C26H18N2S/c1-2-8-18(9-3-1)16-27-17-28-23-12-6-4-10-19(23)21-14-15-22-20-11-5-7-13-24(20)29-26(22)25(21)28/h1-15,17H,16H2. The minimum absolute atomic E-state index is 0.678. The third-order valence-corrected chi connectivity index (χ3v) is 6.72. The molecule has 0 N–H and O–H groups in total. The van der Waals surface area contributed by atoms with Crippen LogP contribution < -0.4 is 0 Å². The Morgan fingerprint density at radius 3 is 2.31 bits per heavy atom. The third kappa shape index (κ3) is 2.59. The first-order chi connectivity index (χ1) is 14.4. The number of thiophene rings is 1. The van der Waals surface area contributed by atoms with Gasteiger partial charge >= 0.3 is 0 Å². The molecular formula is C26H18N2S. The smallest absolute Gasteiger partial charge is 0.0945 e. The van der Waals surface area contributed by atoms with Crippen LogP contribution in [-0.2, 0) is 6.54 Å². The van der Waals surface area contributed by atoms with E-state index in [1.807, 2.05) is 23.7 Å². The Morgan fingerprint density at radius 1 is 0.690 bits per heavy atom. The number of fused-ring (bicyclic) bond motifs is 7. The van der Waals surface area contributed by atoms with Crippen LogP contribution in [0, 0.1) is 0 Å². The van der Waals surface area contributed by atoms with E-state index in [4.69, 9.17) is 4.99 Å². The molecule has 6 aromatic rings. The summed E-state index contributed by atoms with van der Waals surface area (Å²) in [5.74, 6) is 0. The lowest BCUT2D eigenvalue weighted by Crippen LogP contribution is -1.95. The first kappa shape index (κ1) is 16.5. The fraction of sp³-hybridized carbons (Fsp3) is 0.0385. The van der Waals surface area contributed by atoms with Crippen LogP contribution in [0.1, 0.15) is 5.56 Å². The monoisotopic (exact) mass is 390 g/mol. The molecule has 0 aliphatic carbocycles. The van der Waals surface area contributed by atoms with Gasteiger partial charge in [0.1, 0.15) is 0 Å². The molecule has 6 rings (SSSR count). The molecule has 3 heteroatoms. The van der Waals surface area contributed by atoms with Gasteiger partial charge in [0.15, 0.2) is 0 Å². The van der Waals surface area contributed by atoms with Crippen molar-refractivity contribution in [3.8, 4) is 0 Å². The quantitative estimate of drug-likeness (QED) is 0.224. The number of hydrogen-bond acceptors (Lipinski definition) is 2. The average Bonchev–Trinajstić information content (AvgIpc) is 3.31. The van der Waals surface area contributed by atoms with Gasteiger partial charge in [0, 0.05) is 26.2 Å². The van der Waals surface area contributed by atoms with Crippen molar-refractivity contribution in [2.75, 3.05) is 0 Å². The highest BCUT2D eigenvalue weighted by molar-refractivity contribution is 7.26. The predicted molar refractivity (Wildman–Crippen MR) is 126 cm³/mol. The van der Waals surface area contributed by atoms with Crippen molar-refractivity contribution >= 4 is 59.7 Å². The molecule has 0 bridgehead atoms. The second kappa shape index (κ2) is 6.57. The van der Waals surface area contributed by atoms with Crippen LogP contribution in [0.25, 0.3) is 42.0 Å². The maximum atomic E-state index is 4.79. The van der Waals surface area contributed by atoms with Crippen LogP contribution in [0.4, 0.5) is 0 Å². The highest BCUT2D eigenvalue weighted by Gasteiger charge is 2.15. The number of nitrogens with zero attached hydrogens (tertiary/aromatic N) is 2. The minimum Gasteiger partial charge on any atom is -0.299 e. The number of benzene rings is 4. The van der Waals surface area contributed by atoms with Crippen LogP contribution in [0.15, 0.2) is 96.0 Å². The van der Waals surface area contributed by atoms with Crippen molar-refractivity contribution in [1.82, 2.24) is 4.57 Å². The molecule has 2 aromatic heterocycles. The summed E-state index contributed by atoms with van der Waals surface area (Å²) in [6.07, 6.45) is 2.00. The zero-order chi connectivity index (χ0) is 19.2. The zero-order valence-electron chi connectivity index (χ0n) is 15.7. The van der Waals surface area contributed by atoms with E-state index in [0.29, 0.717) is 6.54 Å². The SMILES string of the molecule is C(=NCc1ccccc1)n1c2ccccc2c2ccc3c4ccccc4sc3c21. The summed E-state index contributed by atoms with van der Waals surface area (Å²) >= 11 is 1.87. The Balaban J connectivity index is 1.64. The van der Waals surface area contributed by atoms with Crippen molar-refractivity contribution in [1.29, 1.82) is 0 Å². The van der Waals surface area contributed by atoms with Crippen LogP contribution in [0.3, 0.4) is 0 Å². The lowest BCUT2D eigenvalue weighted by molar-refractivity contribution is 1.06.